The molecule has 0 fully saturated rings. The molecular weight excluding hydrogens is 143 g/mol. The highest BCUT2D eigenvalue weighted by atomic mass is 31.0. The van der Waals surface area contributed by atoms with E-state index in [2.05, 4.69) is 16.0 Å². The van der Waals surface area contributed by atoms with Crippen LogP contribution in [0.5, 0.6) is 5.75 Å². The van der Waals surface area contributed by atoms with E-state index < -0.39 is 0 Å². The van der Waals surface area contributed by atoms with E-state index in [-0.39, 0.29) is 0 Å². The van der Waals surface area contributed by atoms with Crippen LogP contribution in [0.3, 0.4) is 0 Å². The lowest BCUT2D eigenvalue weighted by Crippen LogP contribution is -1.73. The summed E-state index contributed by atoms with van der Waals surface area (Å²) in [5.74, 6) is 0.843. The molecule has 2 heteroatoms. The van der Waals surface area contributed by atoms with Crippen molar-refractivity contribution in [2.75, 3.05) is 0 Å². The second kappa shape index (κ2) is 3.38. The van der Waals surface area contributed by atoms with Crippen LogP contribution < -0.4 is 4.52 Å². The van der Waals surface area contributed by atoms with E-state index in [1.807, 2.05) is 24.3 Å². The van der Waals surface area contributed by atoms with Gasteiger partial charge in [0, 0.05) is 0 Å². The molecule has 1 atom stereocenters. The Morgan fingerprint density at radius 1 is 1.30 bits per heavy atom. The fraction of sp³-hybridized carbons (Fsp3) is 0. The van der Waals surface area contributed by atoms with E-state index in [0.717, 1.165) is 11.3 Å². The van der Waals surface area contributed by atoms with Crippen LogP contribution in [-0.2, 0) is 0 Å². The molecule has 0 aromatic heterocycles. The third-order valence-electron chi connectivity index (χ3n) is 1.25. The smallest absolute Gasteiger partial charge is 0.122 e. The lowest BCUT2D eigenvalue weighted by Gasteiger charge is -1.97. The highest BCUT2D eigenvalue weighted by molar-refractivity contribution is 7.10. The van der Waals surface area contributed by atoms with Crippen molar-refractivity contribution in [3.8, 4) is 5.75 Å². The first-order valence-electron chi connectivity index (χ1n) is 2.96. The molecule has 0 aliphatic carbocycles. The first-order chi connectivity index (χ1) is 4.86. The third-order valence-corrected chi connectivity index (χ3v) is 1.52. The molecule has 0 amide bonds. The lowest BCUT2D eigenvalue weighted by molar-refractivity contribution is 0.646. The Labute approximate surface area is 63.0 Å². The molecule has 1 nitrogen and oxygen atoms in total. The van der Waals surface area contributed by atoms with E-state index in [9.17, 15) is 0 Å². The Morgan fingerprint density at radius 3 is 2.30 bits per heavy atom. The molecule has 0 saturated carbocycles. The van der Waals surface area contributed by atoms with Crippen molar-refractivity contribution in [1.29, 1.82) is 0 Å². The number of benzene rings is 1. The summed E-state index contributed by atoms with van der Waals surface area (Å²) in [5, 5.41) is 0. The van der Waals surface area contributed by atoms with Crippen molar-refractivity contribution in [1.82, 2.24) is 0 Å². The molecule has 1 aromatic carbocycles. The zero-order valence-electron chi connectivity index (χ0n) is 5.58. The molecule has 1 rings (SSSR count). The summed E-state index contributed by atoms with van der Waals surface area (Å²) in [4.78, 5) is 0. The predicted molar refractivity (Wildman–Crippen MR) is 46.9 cm³/mol. The van der Waals surface area contributed by atoms with Crippen LogP contribution in [0.2, 0.25) is 0 Å². The van der Waals surface area contributed by atoms with E-state index in [0.29, 0.717) is 0 Å². The molecule has 10 heavy (non-hydrogen) atoms. The van der Waals surface area contributed by atoms with Gasteiger partial charge in [0.25, 0.3) is 0 Å². The molecule has 1 aromatic rings. The van der Waals surface area contributed by atoms with Gasteiger partial charge >= 0.3 is 0 Å². The highest BCUT2D eigenvalue weighted by Gasteiger charge is 1.87. The second-order valence-corrected chi connectivity index (χ2v) is 2.13. The zero-order chi connectivity index (χ0) is 7.40. The van der Waals surface area contributed by atoms with E-state index in [4.69, 9.17) is 4.52 Å². The van der Waals surface area contributed by atoms with Gasteiger partial charge < -0.3 is 4.52 Å². The summed E-state index contributed by atoms with van der Waals surface area (Å²) in [6.07, 6.45) is 1.80. The number of rotatable bonds is 2. The average Bonchev–Trinajstić information content (AvgIpc) is 2.05. The number of hydrogen-bond acceptors (Lipinski definition) is 1. The standard InChI is InChI=1S/C8H9OP/c1-2-7-3-5-8(9-10)6-4-7/h2-6H,1,10H2. The topological polar surface area (TPSA) is 9.23 Å². The lowest BCUT2D eigenvalue weighted by atomic mass is 10.2. The van der Waals surface area contributed by atoms with Crippen molar-refractivity contribution in [2.45, 2.75) is 0 Å². The first kappa shape index (κ1) is 7.30. The molecule has 0 aliphatic heterocycles. The minimum Gasteiger partial charge on any atom is -0.480 e. The Morgan fingerprint density at radius 2 is 1.90 bits per heavy atom. The zero-order valence-corrected chi connectivity index (χ0v) is 6.73. The maximum absolute atomic E-state index is 4.90. The van der Waals surface area contributed by atoms with E-state index in [1.54, 1.807) is 6.08 Å². The summed E-state index contributed by atoms with van der Waals surface area (Å²) in [5.41, 5.74) is 1.10. The largest absolute Gasteiger partial charge is 0.480 e. The maximum atomic E-state index is 4.90. The molecule has 0 N–H and O–H groups in total. The third kappa shape index (κ3) is 1.58. The minimum atomic E-state index is 0.843. The van der Waals surface area contributed by atoms with Gasteiger partial charge in [-0.05, 0) is 17.7 Å². The van der Waals surface area contributed by atoms with Crippen molar-refractivity contribution in [2.24, 2.45) is 0 Å². The average molecular weight is 152 g/mol. The van der Waals surface area contributed by atoms with Crippen LogP contribution in [0, 0.1) is 0 Å². The van der Waals surface area contributed by atoms with E-state index >= 15 is 0 Å². The van der Waals surface area contributed by atoms with Gasteiger partial charge in [0.15, 0.2) is 0 Å². The normalized spacial score (nSPS) is 8.90. The minimum absolute atomic E-state index is 0.843. The van der Waals surface area contributed by atoms with Gasteiger partial charge in [0.2, 0.25) is 0 Å². The Kier molecular flexibility index (Phi) is 2.47. The fourth-order valence-corrected chi connectivity index (χ4v) is 0.840. The van der Waals surface area contributed by atoms with Crippen LogP contribution in [0.25, 0.3) is 6.08 Å². The van der Waals surface area contributed by atoms with E-state index in [1.165, 1.54) is 0 Å². The Bertz CT molecular complexity index is 215. The Balaban J connectivity index is 2.90. The Hall–Kier alpha value is -0.810. The summed E-state index contributed by atoms with van der Waals surface area (Å²) < 4.78 is 4.90. The van der Waals surface area contributed by atoms with Crippen molar-refractivity contribution < 1.29 is 4.52 Å². The van der Waals surface area contributed by atoms with Crippen LogP contribution in [0.1, 0.15) is 5.56 Å². The highest BCUT2D eigenvalue weighted by Crippen LogP contribution is 2.14. The fourth-order valence-electron chi connectivity index (χ4n) is 0.682. The summed E-state index contributed by atoms with van der Waals surface area (Å²) in [6.45, 7) is 3.64. The summed E-state index contributed by atoms with van der Waals surface area (Å²) in [6, 6.07) is 7.69. The quantitative estimate of drug-likeness (QED) is 0.591. The molecule has 1 unspecified atom stereocenters. The van der Waals surface area contributed by atoms with Crippen LogP contribution in [0.4, 0.5) is 0 Å². The van der Waals surface area contributed by atoms with Gasteiger partial charge in [0.1, 0.15) is 5.75 Å². The van der Waals surface area contributed by atoms with Gasteiger partial charge in [-0.25, -0.2) is 0 Å². The molecule has 0 saturated heterocycles. The second-order valence-electron chi connectivity index (χ2n) is 1.89. The summed E-state index contributed by atoms with van der Waals surface area (Å²) in [7, 11) is 2.20. The SMILES string of the molecule is C=Cc1ccc(OP)cc1. The molecular formula is C8H9OP. The van der Waals surface area contributed by atoms with Crippen molar-refractivity contribution >= 4 is 15.5 Å². The van der Waals surface area contributed by atoms with Gasteiger partial charge in [-0.3, -0.25) is 0 Å². The molecule has 52 valence electrons. The monoisotopic (exact) mass is 152 g/mol. The maximum Gasteiger partial charge on any atom is 0.122 e. The van der Waals surface area contributed by atoms with Gasteiger partial charge in [-0.15, -0.1) is 0 Å². The number of hydrogen-bond donors (Lipinski definition) is 0. The van der Waals surface area contributed by atoms with Crippen molar-refractivity contribution in [3.63, 3.8) is 0 Å². The van der Waals surface area contributed by atoms with Crippen LogP contribution >= 0.6 is 9.47 Å². The predicted octanol–water partition coefficient (Wildman–Crippen LogP) is 2.50. The molecule has 0 aliphatic rings. The van der Waals surface area contributed by atoms with Gasteiger partial charge in [-0.2, -0.15) is 0 Å². The first-order valence-corrected chi connectivity index (χ1v) is 3.43. The van der Waals surface area contributed by atoms with Crippen LogP contribution in [-0.4, -0.2) is 0 Å². The van der Waals surface area contributed by atoms with Gasteiger partial charge in [-0.1, -0.05) is 24.8 Å². The van der Waals surface area contributed by atoms with Crippen molar-refractivity contribution in [3.05, 3.63) is 36.4 Å². The molecule has 0 heterocycles. The molecule has 0 radical (unpaired) electrons. The molecule has 0 bridgehead atoms. The van der Waals surface area contributed by atoms with Crippen LogP contribution in [0.15, 0.2) is 30.8 Å². The summed E-state index contributed by atoms with van der Waals surface area (Å²) >= 11 is 0. The van der Waals surface area contributed by atoms with Gasteiger partial charge in [0.05, 0.1) is 9.47 Å². The molecule has 0 spiro atoms.